The minimum Gasteiger partial charge on any atom is -0.497 e. The lowest BCUT2D eigenvalue weighted by atomic mass is 10.1. The molecule has 0 N–H and O–H groups in total. The quantitative estimate of drug-likeness (QED) is 0.581. The molecule has 0 unspecified atom stereocenters. The number of fused-ring (bicyclic) bond motifs is 1. The number of esters is 1. The van der Waals surface area contributed by atoms with E-state index < -0.39 is 5.97 Å². The summed E-state index contributed by atoms with van der Waals surface area (Å²) < 4.78 is 21.0. The van der Waals surface area contributed by atoms with Crippen LogP contribution in [0, 0.1) is 0 Å². The first-order chi connectivity index (χ1) is 13.7. The lowest BCUT2D eigenvalue weighted by Crippen LogP contribution is -2.15. The third-order valence-corrected chi connectivity index (χ3v) is 4.58. The van der Waals surface area contributed by atoms with Crippen molar-refractivity contribution in [1.82, 2.24) is 10.1 Å². The first-order valence-corrected chi connectivity index (χ1v) is 9.08. The number of benzene rings is 2. The van der Waals surface area contributed by atoms with Crippen molar-refractivity contribution in [2.45, 2.75) is 25.9 Å². The van der Waals surface area contributed by atoms with Gasteiger partial charge in [-0.25, -0.2) is 4.79 Å². The molecule has 1 aliphatic carbocycles. The summed E-state index contributed by atoms with van der Waals surface area (Å²) in [6.45, 7) is -0.279. The van der Waals surface area contributed by atoms with Crippen molar-refractivity contribution < 1.29 is 23.5 Å². The molecule has 0 spiro atoms. The van der Waals surface area contributed by atoms with Gasteiger partial charge in [0.1, 0.15) is 11.5 Å². The zero-order chi connectivity index (χ0) is 19.3. The molecular formula is C21H20N2O5. The predicted octanol–water partition coefficient (Wildman–Crippen LogP) is 3.36. The van der Waals surface area contributed by atoms with E-state index in [1.54, 1.807) is 13.2 Å². The van der Waals surface area contributed by atoms with Gasteiger partial charge in [-0.1, -0.05) is 23.4 Å². The van der Waals surface area contributed by atoms with Gasteiger partial charge in [0.25, 0.3) is 5.89 Å². The summed E-state index contributed by atoms with van der Waals surface area (Å²) >= 11 is 0. The fraction of sp³-hybridized carbons (Fsp3) is 0.286. The van der Waals surface area contributed by atoms with Crippen LogP contribution in [0.2, 0.25) is 0 Å². The van der Waals surface area contributed by atoms with Crippen LogP contribution >= 0.6 is 0 Å². The van der Waals surface area contributed by atoms with E-state index in [-0.39, 0.29) is 19.1 Å². The van der Waals surface area contributed by atoms with Gasteiger partial charge in [0.05, 0.1) is 7.11 Å². The topological polar surface area (TPSA) is 83.7 Å². The van der Waals surface area contributed by atoms with Crippen molar-refractivity contribution >= 4 is 5.97 Å². The standard InChI is InChI=1S/C21H20N2O5/c1-25-17-7-3-6-16(11-17)21-22-19(28-23-21)12-27-20(24)13-26-18-9-8-14-4-2-5-15(14)10-18/h3,6-11H,2,4-5,12-13H2,1H3. The average molecular weight is 380 g/mol. The van der Waals surface area contributed by atoms with Crippen LogP contribution in [-0.2, 0) is 29.0 Å². The summed E-state index contributed by atoms with van der Waals surface area (Å²) in [5.74, 6) is 1.49. The Morgan fingerprint density at radius 3 is 2.89 bits per heavy atom. The molecule has 144 valence electrons. The number of carbonyl (C=O) groups is 1. The maximum atomic E-state index is 11.9. The Hall–Kier alpha value is -3.35. The van der Waals surface area contributed by atoms with Crippen LogP contribution in [0.15, 0.2) is 47.0 Å². The van der Waals surface area contributed by atoms with E-state index in [1.165, 1.54) is 17.5 Å². The van der Waals surface area contributed by atoms with Crippen LogP contribution in [0.1, 0.15) is 23.4 Å². The van der Waals surface area contributed by atoms with Crippen molar-refractivity contribution in [2.75, 3.05) is 13.7 Å². The molecule has 0 radical (unpaired) electrons. The minimum atomic E-state index is -0.498. The molecule has 1 heterocycles. The molecule has 28 heavy (non-hydrogen) atoms. The Balaban J connectivity index is 1.28. The lowest BCUT2D eigenvalue weighted by Gasteiger charge is -2.07. The molecule has 0 bridgehead atoms. The highest BCUT2D eigenvalue weighted by atomic mass is 16.6. The van der Waals surface area contributed by atoms with Crippen molar-refractivity contribution in [1.29, 1.82) is 0 Å². The Labute approximate surface area is 162 Å². The number of hydrogen-bond acceptors (Lipinski definition) is 7. The van der Waals surface area contributed by atoms with Gasteiger partial charge in [-0.15, -0.1) is 0 Å². The predicted molar refractivity (Wildman–Crippen MR) is 100 cm³/mol. The highest BCUT2D eigenvalue weighted by molar-refractivity contribution is 5.71. The van der Waals surface area contributed by atoms with Gasteiger partial charge in [0.2, 0.25) is 5.82 Å². The van der Waals surface area contributed by atoms with Gasteiger partial charge in [-0.3, -0.25) is 0 Å². The van der Waals surface area contributed by atoms with Gasteiger partial charge in [0.15, 0.2) is 13.2 Å². The van der Waals surface area contributed by atoms with Gasteiger partial charge in [-0.2, -0.15) is 4.98 Å². The molecular weight excluding hydrogens is 360 g/mol. The molecule has 3 aromatic rings. The zero-order valence-corrected chi connectivity index (χ0v) is 15.5. The van der Waals surface area contributed by atoms with Crippen LogP contribution < -0.4 is 9.47 Å². The Kier molecular flexibility index (Phi) is 5.23. The zero-order valence-electron chi connectivity index (χ0n) is 15.5. The van der Waals surface area contributed by atoms with Gasteiger partial charge in [-0.05, 0) is 54.7 Å². The average Bonchev–Trinajstić information content (AvgIpc) is 3.39. The Morgan fingerprint density at radius 1 is 1.11 bits per heavy atom. The molecule has 0 amide bonds. The van der Waals surface area contributed by atoms with Gasteiger partial charge in [0, 0.05) is 5.56 Å². The number of methoxy groups -OCH3 is 1. The van der Waals surface area contributed by atoms with Crippen LogP contribution in [0.25, 0.3) is 11.4 Å². The van der Waals surface area contributed by atoms with E-state index in [1.807, 2.05) is 30.3 Å². The smallest absolute Gasteiger partial charge is 0.344 e. The summed E-state index contributed by atoms with van der Waals surface area (Å²) in [4.78, 5) is 16.2. The van der Waals surface area contributed by atoms with Crippen molar-refractivity contribution in [2.24, 2.45) is 0 Å². The summed E-state index contributed by atoms with van der Waals surface area (Å²) in [7, 11) is 1.59. The second kappa shape index (κ2) is 8.12. The van der Waals surface area contributed by atoms with Crippen molar-refractivity contribution in [3.8, 4) is 22.9 Å². The number of carbonyl (C=O) groups excluding carboxylic acids is 1. The lowest BCUT2D eigenvalue weighted by molar-refractivity contribution is -0.148. The van der Waals surface area contributed by atoms with Crippen molar-refractivity contribution in [3.63, 3.8) is 0 Å². The largest absolute Gasteiger partial charge is 0.497 e. The van der Waals surface area contributed by atoms with E-state index in [4.69, 9.17) is 18.7 Å². The molecule has 7 heteroatoms. The molecule has 0 fully saturated rings. The molecule has 0 aliphatic heterocycles. The van der Waals surface area contributed by atoms with Crippen molar-refractivity contribution in [3.05, 3.63) is 59.5 Å². The second-order valence-corrected chi connectivity index (χ2v) is 6.48. The highest BCUT2D eigenvalue weighted by Crippen LogP contribution is 2.26. The SMILES string of the molecule is COc1cccc(-c2noc(COC(=O)COc3ccc4c(c3)CCC4)n2)c1. The third kappa shape index (κ3) is 4.14. The number of nitrogens with zero attached hydrogens (tertiary/aromatic N) is 2. The molecule has 0 atom stereocenters. The molecule has 1 aromatic heterocycles. The van der Waals surface area contributed by atoms with Crippen LogP contribution in [0.3, 0.4) is 0 Å². The molecule has 7 nitrogen and oxygen atoms in total. The van der Waals surface area contributed by atoms with E-state index in [0.29, 0.717) is 17.3 Å². The monoisotopic (exact) mass is 380 g/mol. The number of hydrogen-bond donors (Lipinski definition) is 0. The summed E-state index contributed by atoms with van der Waals surface area (Å²) in [5, 5.41) is 3.90. The molecule has 4 rings (SSSR count). The first-order valence-electron chi connectivity index (χ1n) is 9.08. The van der Waals surface area contributed by atoms with Gasteiger partial charge < -0.3 is 18.7 Å². The number of rotatable bonds is 7. The fourth-order valence-electron chi connectivity index (χ4n) is 3.16. The normalized spacial score (nSPS) is 12.5. The number of aryl methyl sites for hydroxylation is 2. The molecule has 0 saturated heterocycles. The Bertz CT molecular complexity index is 982. The summed E-state index contributed by atoms with van der Waals surface area (Å²) in [6, 6.07) is 13.2. The first kappa shape index (κ1) is 18.0. The highest BCUT2D eigenvalue weighted by Gasteiger charge is 2.14. The van der Waals surface area contributed by atoms with Gasteiger partial charge >= 0.3 is 5.97 Å². The fourth-order valence-corrected chi connectivity index (χ4v) is 3.16. The second-order valence-electron chi connectivity index (χ2n) is 6.48. The molecule has 1 aliphatic rings. The van der Waals surface area contributed by atoms with E-state index in [2.05, 4.69) is 16.2 Å². The van der Waals surface area contributed by atoms with E-state index in [9.17, 15) is 4.79 Å². The van der Waals surface area contributed by atoms with E-state index >= 15 is 0 Å². The van der Waals surface area contributed by atoms with E-state index in [0.717, 1.165) is 18.4 Å². The number of aromatic nitrogens is 2. The molecule has 0 saturated carbocycles. The Morgan fingerprint density at radius 2 is 2.00 bits per heavy atom. The minimum absolute atomic E-state index is 0.108. The van der Waals surface area contributed by atoms with Crippen LogP contribution in [-0.4, -0.2) is 29.8 Å². The van der Waals surface area contributed by atoms with Crippen LogP contribution in [0.4, 0.5) is 0 Å². The maximum absolute atomic E-state index is 11.9. The third-order valence-electron chi connectivity index (χ3n) is 4.58. The summed E-state index contributed by atoms with van der Waals surface area (Å²) in [6.07, 6.45) is 3.34. The summed E-state index contributed by atoms with van der Waals surface area (Å²) in [5.41, 5.74) is 3.40. The van der Waals surface area contributed by atoms with Crippen LogP contribution in [0.5, 0.6) is 11.5 Å². The maximum Gasteiger partial charge on any atom is 0.344 e. The molecule has 2 aromatic carbocycles. The number of ether oxygens (including phenoxy) is 3.